The summed E-state index contributed by atoms with van der Waals surface area (Å²) in [6.07, 6.45) is 2.90. The fourth-order valence-electron chi connectivity index (χ4n) is 3.37. The Morgan fingerprint density at radius 3 is 2.52 bits per heavy atom. The van der Waals surface area contributed by atoms with Gasteiger partial charge in [-0.3, -0.25) is 4.79 Å². The molecule has 33 heavy (non-hydrogen) atoms. The van der Waals surface area contributed by atoms with Gasteiger partial charge in [-0.1, -0.05) is 42.5 Å². The molecule has 0 bridgehead atoms. The number of carbonyl (C=O) groups excluding carboxylic acids is 1. The van der Waals surface area contributed by atoms with Crippen molar-refractivity contribution in [2.24, 2.45) is 0 Å². The molecule has 0 aliphatic carbocycles. The Morgan fingerprint density at radius 2 is 1.76 bits per heavy atom. The number of phenols is 1. The number of nitrogens with zero attached hydrogens (tertiary/aromatic N) is 1. The molecule has 0 unspecified atom stereocenters. The Labute approximate surface area is 190 Å². The number of ketones is 1. The van der Waals surface area contributed by atoms with Gasteiger partial charge in [-0.15, -0.1) is 0 Å². The predicted octanol–water partition coefficient (Wildman–Crippen LogP) is 5.42. The van der Waals surface area contributed by atoms with Gasteiger partial charge in [-0.25, -0.2) is 9.78 Å². The van der Waals surface area contributed by atoms with Crippen molar-refractivity contribution in [1.82, 2.24) is 4.98 Å². The summed E-state index contributed by atoms with van der Waals surface area (Å²) < 4.78 is 5.81. The molecule has 4 rings (SSSR count). The van der Waals surface area contributed by atoms with Gasteiger partial charge in [0.2, 0.25) is 0 Å². The van der Waals surface area contributed by atoms with Crippen molar-refractivity contribution >= 4 is 28.7 Å². The number of rotatable bonds is 7. The van der Waals surface area contributed by atoms with E-state index in [4.69, 9.17) is 4.74 Å². The fourth-order valence-corrected chi connectivity index (χ4v) is 3.37. The maximum atomic E-state index is 12.5. The second-order valence-corrected chi connectivity index (χ2v) is 7.55. The van der Waals surface area contributed by atoms with Crippen LogP contribution in [-0.2, 0) is 6.61 Å². The van der Waals surface area contributed by atoms with E-state index in [1.165, 1.54) is 18.2 Å². The molecule has 2 N–H and O–H groups in total. The van der Waals surface area contributed by atoms with Crippen LogP contribution < -0.4 is 4.74 Å². The van der Waals surface area contributed by atoms with Crippen molar-refractivity contribution in [3.63, 3.8) is 0 Å². The first-order valence-corrected chi connectivity index (χ1v) is 10.3. The molecular weight excluding hydrogens is 418 g/mol. The van der Waals surface area contributed by atoms with Gasteiger partial charge in [0.15, 0.2) is 5.78 Å². The first-order valence-electron chi connectivity index (χ1n) is 10.3. The van der Waals surface area contributed by atoms with Crippen LogP contribution in [0.1, 0.15) is 37.5 Å². The van der Waals surface area contributed by atoms with E-state index in [2.05, 4.69) is 4.98 Å². The highest BCUT2D eigenvalue weighted by molar-refractivity contribution is 6.10. The Morgan fingerprint density at radius 1 is 1.00 bits per heavy atom. The number of carboxylic acids is 1. The SMILES string of the molecule is Cc1cc(C(=O)O)cc(C(=O)/C=C/c2ccc(OCc3ccc4ccccc4n3)cc2)c1O. The Balaban J connectivity index is 1.42. The molecular formula is C27H21NO5. The lowest BCUT2D eigenvalue weighted by atomic mass is 10.0. The average Bonchev–Trinajstić information content (AvgIpc) is 2.83. The lowest BCUT2D eigenvalue weighted by molar-refractivity contribution is 0.0696. The molecule has 0 amide bonds. The van der Waals surface area contributed by atoms with Gasteiger partial charge in [-0.2, -0.15) is 0 Å². The van der Waals surface area contributed by atoms with Crippen LogP contribution in [0.25, 0.3) is 17.0 Å². The molecule has 4 aromatic rings. The Bertz CT molecular complexity index is 1370. The van der Waals surface area contributed by atoms with Crippen molar-refractivity contribution in [3.05, 3.63) is 107 Å². The monoisotopic (exact) mass is 439 g/mol. The summed E-state index contributed by atoms with van der Waals surface area (Å²) in [5.41, 5.74) is 2.72. The van der Waals surface area contributed by atoms with E-state index in [1.807, 2.05) is 36.4 Å². The first-order chi connectivity index (χ1) is 15.9. The average molecular weight is 439 g/mol. The topological polar surface area (TPSA) is 96.7 Å². The number of benzene rings is 3. The van der Waals surface area contributed by atoms with Crippen LogP contribution in [0.5, 0.6) is 11.5 Å². The minimum absolute atomic E-state index is 0.0495. The lowest BCUT2D eigenvalue weighted by Gasteiger charge is -2.07. The zero-order chi connectivity index (χ0) is 23.4. The molecule has 0 saturated heterocycles. The lowest BCUT2D eigenvalue weighted by Crippen LogP contribution is -2.03. The third kappa shape index (κ3) is 5.07. The number of aromatic carboxylic acids is 1. The van der Waals surface area contributed by atoms with Crippen LogP contribution >= 0.6 is 0 Å². The molecule has 0 fully saturated rings. The smallest absolute Gasteiger partial charge is 0.335 e. The second-order valence-electron chi connectivity index (χ2n) is 7.55. The number of aromatic hydroxyl groups is 1. The minimum atomic E-state index is -1.16. The quantitative estimate of drug-likeness (QED) is 0.295. The number of aromatic nitrogens is 1. The van der Waals surface area contributed by atoms with Crippen LogP contribution in [0.4, 0.5) is 0 Å². The van der Waals surface area contributed by atoms with E-state index in [1.54, 1.807) is 37.3 Å². The van der Waals surface area contributed by atoms with E-state index in [9.17, 15) is 19.8 Å². The summed E-state index contributed by atoms with van der Waals surface area (Å²) in [6, 6.07) is 21.5. The molecule has 0 aliphatic heterocycles. The zero-order valence-corrected chi connectivity index (χ0v) is 17.9. The Kier molecular flexibility index (Phi) is 6.17. The van der Waals surface area contributed by atoms with Crippen LogP contribution in [-0.4, -0.2) is 26.9 Å². The number of pyridine rings is 1. The number of aryl methyl sites for hydroxylation is 1. The highest BCUT2D eigenvalue weighted by Crippen LogP contribution is 2.25. The molecule has 0 radical (unpaired) electrons. The summed E-state index contributed by atoms with van der Waals surface area (Å²) in [5, 5.41) is 20.4. The summed E-state index contributed by atoms with van der Waals surface area (Å²) in [5.74, 6) is -1.21. The molecule has 1 aromatic heterocycles. The molecule has 6 heteroatoms. The molecule has 0 aliphatic rings. The number of hydrogen-bond donors (Lipinski definition) is 2. The van der Waals surface area contributed by atoms with Crippen molar-refractivity contribution in [2.45, 2.75) is 13.5 Å². The van der Waals surface area contributed by atoms with Gasteiger partial charge in [0.25, 0.3) is 0 Å². The maximum Gasteiger partial charge on any atom is 0.335 e. The van der Waals surface area contributed by atoms with E-state index >= 15 is 0 Å². The summed E-state index contributed by atoms with van der Waals surface area (Å²) in [6.45, 7) is 1.88. The number of hydrogen-bond acceptors (Lipinski definition) is 5. The molecule has 0 atom stereocenters. The standard InChI is InChI=1S/C27H21NO5/c1-17-14-20(27(31)32)15-23(26(17)30)25(29)13-8-18-6-11-22(12-7-18)33-16-21-10-9-19-4-2-3-5-24(19)28-21/h2-15,30H,16H2,1H3,(H,31,32)/b13-8+. The van der Waals surface area contributed by atoms with Crippen LogP contribution in [0.2, 0.25) is 0 Å². The van der Waals surface area contributed by atoms with Gasteiger partial charge >= 0.3 is 5.97 Å². The number of allylic oxidation sites excluding steroid dienone is 1. The highest BCUT2D eigenvalue weighted by atomic mass is 16.5. The number of fused-ring (bicyclic) bond motifs is 1. The number of carboxylic acid groups (broad SMARTS) is 1. The van der Waals surface area contributed by atoms with Crippen LogP contribution in [0.15, 0.2) is 78.9 Å². The Hall–Kier alpha value is -4.45. The predicted molar refractivity (Wildman–Crippen MR) is 126 cm³/mol. The molecule has 164 valence electrons. The fraction of sp³-hybridized carbons (Fsp3) is 0.0741. The van der Waals surface area contributed by atoms with Gasteiger partial charge in [0.05, 0.1) is 22.3 Å². The summed E-state index contributed by atoms with van der Waals surface area (Å²) in [7, 11) is 0. The molecule has 1 heterocycles. The molecule has 3 aromatic carbocycles. The van der Waals surface area contributed by atoms with E-state index in [-0.39, 0.29) is 16.9 Å². The van der Waals surface area contributed by atoms with Crippen molar-refractivity contribution < 1.29 is 24.5 Å². The number of carbonyl (C=O) groups is 2. The number of phenolic OH excluding ortho intramolecular Hbond substituents is 1. The van der Waals surface area contributed by atoms with Crippen LogP contribution in [0.3, 0.4) is 0 Å². The van der Waals surface area contributed by atoms with Crippen molar-refractivity contribution in [2.75, 3.05) is 0 Å². The van der Waals surface area contributed by atoms with E-state index < -0.39 is 11.8 Å². The first kappa shape index (κ1) is 21.8. The van der Waals surface area contributed by atoms with Crippen molar-refractivity contribution in [1.29, 1.82) is 0 Å². The largest absolute Gasteiger partial charge is 0.507 e. The normalized spacial score (nSPS) is 11.1. The second kappa shape index (κ2) is 9.36. The van der Waals surface area contributed by atoms with Crippen molar-refractivity contribution in [3.8, 4) is 11.5 Å². The maximum absolute atomic E-state index is 12.5. The van der Waals surface area contributed by atoms with Crippen LogP contribution in [0, 0.1) is 6.92 Å². The molecule has 0 spiro atoms. The zero-order valence-electron chi connectivity index (χ0n) is 17.9. The third-order valence-electron chi connectivity index (χ3n) is 5.16. The van der Waals surface area contributed by atoms with E-state index in [0.717, 1.165) is 22.2 Å². The highest BCUT2D eigenvalue weighted by Gasteiger charge is 2.15. The summed E-state index contributed by atoms with van der Waals surface area (Å²) in [4.78, 5) is 28.3. The minimum Gasteiger partial charge on any atom is -0.507 e. The van der Waals surface area contributed by atoms with Gasteiger partial charge in [-0.05, 0) is 60.5 Å². The number of para-hydroxylation sites is 1. The van der Waals surface area contributed by atoms with E-state index in [0.29, 0.717) is 17.9 Å². The summed E-state index contributed by atoms with van der Waals surface area (Å²) >= 11 is 0. The molecule has 6 nitrogen and oxygen atoms in total. The molecule has 0 saturated carbocycles. The third-order valence-corrected chi connectivity index (χ3v) is 5.16. The number of ether oxygens (including phenoxy) is 1. The van der Waals surface area contributed by atoms with Gasteiger partial charge in [0, 0.05) is 5.39 Å². The van der Waals surface area contributed by atoms with Gasteiger partial charge in [0.1, 0.15) is 18.1 Å². The van der Waals surface area contributed by atoms with Gasteiger partial charge < -0.3 is 14.9 Å².